The van der Waals surface area contributed by atoms with E-state index in [2.05, 4.69) is 20.4 Å². The molecule has 160 valence electrons. The molecule has 1 aliphatic rings. The van der Waals surface area contributed by atoms with Crippen LogP contribution < -0.4 is 10.2 Å². The number of hydrogen-bond acceptors (Lipinski definition) is 5. The van der Waals surface area contributed by atoms with Gasteiger partial charge in [-0.1, -0.05) is 0 Å². The van der Waals surface area contributed by atoms with Gasteiger partial charge in [0.05, 0.1) is 40.9 Å². The summed E-state index contributed by atoms with van der Waals surface area (Å²) >= 11 is 0. The SMILES string of the molecule is CNC(=O)c1cncc(-c2cc(C)c3c(n2)CN(c2cnn(CC(F)(F)F)c2)C3=O)c1. The minimum Gasteiger partial charge on any atom is -0.355 e. The lowest BCUT2D eigenvalue weighted by Crippen LogP contribution is -2.23. The smallest absolute Gasteiger partial charge is 0.355 e. The number of anilines is 1. The number of fused-ring (bicyclic) bond motifs is 1. The Morgan fingerprint density at radius 3 is 2.71 bits per heavy atom. The summed E-state index contributed by atoms with van der Waals surface area (Å²) in [7, 11) is 1.52. The molecular weight excluding hydrogens is 413 g/mol. The number of amides is 2. The first-order valence-electron chi connectivity index (χ1n) is 9.25. The molecule has 0 fully saturated rings. The zero-order valence-electron chi connectivity index (χ0n) is 16.6. The highest BCUT2D eigenvalue weighted by atomic mass is 19.4. The average Bonchev–Trinajstić information content (AvgIpc) is 3.30. The third kappa shape index (κ3) is 3.98. The van der Waals surface area contributed by atoms with Crippen molar-refractivity contribution in [2.24, 2.45) is 0 Å². The third-order valence-electron chi connectivity index (χ3n) is 4.85. The molecule has 0 saturated carbocycles. The Labute approximate surface area is 174 Å². The van der Waals surface area contributed by atoms with Gasteiger partial charge in [0.15, 0.2) is 0 Å². The van der Waals surface area contributed by atoms with Crippen molar-refractivity contribution in [1.29, 1.82) is 0 Å². The van der Waals surface area contributed by atoms with Gasteiger partial charge < -0.3 is 5.32 Å². The van der Waals surface area contributed by atoms with Crippen LogP contribution in [0.1, 0.15) is 32.0 Å². The highest BCUT2D eigenvalue weighted by Gasteiger charge is 2.34. The quantitative estimate of drug-likeness (QED) is 0.687. The maximum Gasteiger partial charge on any atom is 0.408 e. The molecule has 4 heterocycles. The van der Waals surface area contributed by atoms with Gasteiger partial charge in [-0.25, -0.2) is 0 Å². The van der Waals surface area contributed by atoms with Gasteiger partial charge in [-0.3, -0.25) is 29.1 Å². The second-order valence-corrected chi connectivity index (χ2v) is 7.09. The van der Waals surface area contributed by atoms with E-state index in [1.54, 1.807) is 25.3 Å². The van der Waals surface area contributed by atoms with Crippen molar-refractivity contribution in [3.8, 4) is 11.3 Å². The molecule has 0 aliphatic carbocycles. The first-order valence-corrected chi connectivity index (χ1v) is 9.25. The highest BCUT2D eigenvalue weighted by molar-refractivity contribution is 6.10. The molecule has 1 aliphatic heterocycles. The second kappa shape index (κ2) is 7.49. The Hall–Kier alpha value is -3.76. The van der Waals surface area contributed by atoms with Crippen LogP contribution in [-0.2, 0) is 13.1 Å². The molecule has 2 amide bonds. The lowest BCUT2D eigenvalue weighted by Gasteiger charge is -2.12. The first-order chi connectivity index (χ1) is 14.7. The van der Waals surface area contributed by atoms with Crippen LogP contribution in [0.4, 0.5) is 18.9 Å². The van der Waals surface area contributed by atoms with Crippen LogP contribution in [0.3, 0.4) is 0 Å². The Kier molecular flexibility index (Phi) is 4.96. The number of aryl methyl sites for hydroxylation is 1. The molecular formula is C20H17F3N6O2. The summed E-state index contributed by atoms with van der Waals surface area (Å²) in [5.74, 6) is -0.639. The number of pyridine rings is 2. The summed E-state index contributed by atoms with van der Waals surface area (Å²) in [6.45, 7) is 0.621. The minimum absolute atomic E-state index is 0.100. The van der Waals surface area contributed by atoms with Crippen molar-refractivity contribution in [2.45, 2.75) is 26.2 Å². The zero-order valence-corrected chi connectivity index (χ0v) is 16.6. The topological polar surface area (TPSA) is 93.0 Å². The first kappa shape index (κ1) is 20.5. The molecule has 0 bridgehead atoms. The Bertz CT molecular complexity index is 1190. The van der Waals surface area contributed by atoms with Crippen LogP contribution >= 0.6 is 0 Å². The van der Waals surface area contributed by atoms with Gasteiger partial charge in [0, 0.05) is 31.2 Å². The summed E-state index contributed by atoms with van der Waals surface area (Å²) in [4.78, 5) is 34.8. The van der Waals surface area contributed by atoms with E-state index in [-0.39, 0.29) is 24.0 Å². The van der Waals surface area contributed by atoms with Gasteiger partial charge in [-0.2, -0.15) is 18.3 Å². The van der Waals surface area contributed by atoms with E-state index < -0.39 is 12.7 Å². The largest absolute Gasteiger partial charge is 0.408 e. The van der Waals surface area contributed by atoms with E-state index in [1.807, 2.05) is 0 Å². The van der Waals surface area contributed by atoms with Crippen molar-refractivity contribution >= 4 is 17.5 Å². The molecule has 31 heavy (non-hydrogen) atoms. The molecule has 0 saturated heterocycles. The molecule has 8 nitrogen and oxygen atoms in total. The molecule has 4 rings (SSSR count). The Morgan fingerprint density at radius 1 is 1.23 bits per heavy atom. The maximum absolute atomic E-state index is 12.9. The fourth-order valence-corrected chi connectivity index (χ4v) is 3.47. The number of carbonyl (C=O) groups is 2. The zero-order chi connectivity index (χ0) is 22.3. The van der Waals surface area contributed by atoms with Crippen LogP contribution in [0.2, 0.25) is 0 Å². The normalized spacial score (nSPS) is 13.5. The predicted octanol–water partition coefficient (Wildman–Crippen LogP) is 2.73. The van der Waals surface area contributed by atoms with Gasteiger partial charge in [0.25, 0.3) is 11.8 Å². The van der Waals surface area contributed by atoms with Crippen LogP contribution in [0.25, 0.3) is 11.3 Å². The van der Waals surface area contributed by atoms with E-state index >= 15 is 0 Å². The fraction of sp³-hybridized carbons (Fsp3) is 0.250. The van der Waals surface area contributed by atoms with Crippen LogP contribution in [-0.4, -0.2) is 44.8 Å². The molecule has 0 atom stereocenters. The molecule has 3 aromatic heterocycles. The Balaban J connectivity index is 1.65. The average molecular weight is 430 g/mol. The molecule has 0 radical (unpaired) electrons. The number of halogens is 3. The van der Waals surface area contributed by atoms with E-state index in [1.165, 1.54) is 30.5 Å². The monoisotopic (exact) mass is 430 g/mol. The summed E-state index contributed by atoms with van der Waals surface area (Å²) in [6.07, 6.45) is 1.00. The summed E-state index contributed by atoms with van der Waals surface area (Å²) < 4.78 is 38.5. The lowest BCUT2D eigenvalue weighted by atomic mass is 10.0. The molecule has 11 heteroatoms. The minimum atomic E-state index is -4.41. The predicted molar refractivity (Wildman–Crippen MR) is 104 cm³/mol. The van der Waals surface area contributed by atoms with Gasteiger partial charge in [-0.05, 0) is 24.6 Å². The summed E-state index contributed by atoms with van der Waals surface area (Å²) in [6, 6.07) is 3.37. The lowest BCUT2D eigenvalue weighted by molar-refractivity contribution is -0.142. The van der Waals surface area contributed by atoms with Gasteiger partial charge >= 0.3 is 6.18 Å². The van der Waals surface area contributed by atoms with E-state index in [4.69, 9.17) is 0 Å². The van der Waals surface area contributed by atoms with Gasteiger partial charge in [-0.15, -0.1) is 0 Å². The van der Waals surface area contributed by atoms with E-state index in [0.29, 0.717) is 33.6 Å². The highest BCUT2D eigenvalue weighted by Crippen LogP contribution is 2.32. The van der Waals surface area contributed by atoms with Gasteiger partial charge in [0.1, 0.15) is 6.54 Å². The summed E-state index contributed by atoms with van der Waals surface area (Å²) in [5, 5.41) is 6.23. The maximum atomic E-state index is 12.9. The number of carbonyl (C=O) groups excluding carboxylic acids is 2. The molecule has 1 N–H and O–H groups in total. The molecule has 0 spiro atoms. The van der Waals surface area contributed by atoms with Crippen LogP contribution in [0, 0.1) is 6.92 Å². The number of nitrogens with zero attached hydrogens (tertiary/aromatic N) is 5. The van der Waals surface area contributed by atoms with E-state index in [0.717, 1.165) is 4.68 Å². The van der Waals surface area contributed by atoms with Crippen LogP contribution in [0.15, 0.2) is 36.9 Å². The van der Waals surface area contributed by atoms with Crippen molar-refractivity contribution in [3.05, 3.63) is 59.3 Å². The van der Waals surface area contributed by atoms with Crippen molar-refractivity contribution in [2.75, 3.05) is 11.9 Å². The Morgan fingerprint density at radius 2 is 2.00 bits per heavy atom. The fourth-order valence-electron chi connectivity index (χ4n) is 3.47. The third-order valence-corrected chi connectivity index (χ3v) is 4.85. The number of rotatable bonds is 4. The van der Waals surface area contributed by atoms with Crippen molar-refractivity contribution < 1.29 is 22.8 Å². The second-order valence-electron chi connectivity index (χ2n) is 7.09. The molecule has 0 unspecified atom stereocenters. The van der Waals surface area contributed by atoms with Crippen molar-refractivity contribution in [1.82, 2.24) is 25.1 Å². The van der Waals surface area contributed by atoms with Gasteiger partial charge in [0.2, 0.25) is 0 Å². The van der Waals surface area contributed by atoms with E-state index in [9.17, 15) is 22.8 Å². The number of aromatic nitrogens is 4. The molecule has 3 aromatic rings. The number of alkyl halides is 3. The molecule has 0 aromatic carbocycles. The van der Waals surface area contributed by atoms with Crippen LogP contribution in [0.5, 0.6) is 0 Å². The van der Waals surface area contributed by atoms with Crippen molar-refractivity contribution in [3.63, 3.8) is 0 Å². The number of hydrogen-bond donors (Lipinski definition) is 1. The standard InChI is InChI=1S/C20H17F3N6O2/c1-11-3-15(12-4-13(6-25-5-12)18(30)24-2)27-16-9-29(19(31)17(11)16)14-7-26-28(8-14)10-20(21,22)23/h3-8H,9-10H2,1-2H3,(H,24,30). The summed E-state index contributed by atoms with van der Waals surface area (Å²) in [5.41, 5.74) is 3.34. The number of nitrogens with one attached hydrogen (secondary N) is 1.